The lowest BCUT2D eigenvalue weighted by Crippen LogP contribution is -2.44. The van der Waals surface area contributed by atoms with Crippen LogP contribution in [0.3, 0.4) is 0 Å². The van der Waals surface area contributed by atoms with Crippen LogP contribution >= 0.6 is 12.1 Å². The van der Waals surface area contributed by atoms with E-state index in [1.807, 2.05) is 0 Å². The summed E-state index contributed by atoms with van der Waals surface area (Å²) >= 11 is 13.7. The fraction of sp³-hybridized carbons (Fsp3) is 0.0400. The number of rotatable bonds is 6. The summed E-state index contributed by atoms with van der Waals surface area (Å²) in [4.78, 5) is 0. The molecule has 4 aromatic carbocycles. The van der Waals surface area contributed by atoms with Gasteiger partial charge in [-0.05, 0) is 41.1 Å². The van der Waals surface area contributed by atoms with Crippen molar-refractivity contribution in [2.45, 2.75) is 4.70 Å². The second-order valence-corrected chi connectivity index (χ2v) is 16.6. The summed E-state index contributed by atoms with van der Waals surface area (Å²) in [5, 5.41) is 5.15. The van der Waals surface area contributed by atoms with Crippen molar-refractivity contribution in [1.82, 2.24) is 0 Å². The van der Waals surface area contributed by atoms with E-state index in [9.17, 15) is 0 Å². The van der Waals surface area contributed by atoms with Crippen molar-refractivity contribution < 1.29 is 0 Å². The van der Waals surface area contributed by atoms with Crippen molar-refractivity contribution >= 4 is 72.6 Å². The summed E-state index contributed by atoms with van der Waals surface area (Å²) in [6, 6.07) is 38.9. The molecule has 31 heavy (non-hydrogen) atoms. The van der Waals surface area contributed by atoms with Crippen molar-refractivity contribution in [3.05, 3.63) is 121 Å². The molecular formula is C25H25B2P2S2-. The molecule has 0 atom stereocenters. The molecular weight excluding hydrogens is 448 g/mol. The van der Waals surface area contributed by atoms with E-state index in [2.05, 4.69) is 129 Å². The van der Waals surface area contributed by atoms with E-state index in [4.69, 9.17) is 23.6 Å². The van der Waals surface area contributed by atoms with Gasteiger partial charge in [0.1, 0.15) is 0 Å². The molecule has 6 heteroatoms. The lowest BCUT2D eigenvalue weighted by molar-refractivity contribution is 1.64. The Bertz CT molecular complexity index is 1060. The molecule has 4 rings (SSSR count). The number of hydrogen-bond donors (Lipinski definition) is 0. The van der Waals surface area contributed by atoms with Gasteiger partial charge in [-0.25, -0.2) is 0 Å². The predicted molar refractivity (Wildman–Crippen MR) is 154 cm³/mol. The van der Waals surface area contributed by atoms with Crippen LogP contribution in [-0.4, -0.2) is 20.4 Å². The Labute approximate surface area is 198 Å². The molecule has 0 aliphatic heterocycles. The van der Waals surface area contributed by atoms with Gasteiger partial charge in [-0.2, -0.15) is 0 Å². The molecule has 0 aliphatic carbocycles. The summed E-state index contributed by atoms with van der Waals surface area (Å²) < 4.78 is -0.0733. The molecule has 0 spiro atoms. The van der Waals surface area contributed by atoms with Crippen LogP contribution in [0.25, 0.3) is 0 Å². The van der Waals surface area contributed by atoms with Crippen molar-refractivity contribution in [3.8, 4) is 0 Å². The van der Waals surface area contributed by atoms with Crippen molar-refractivity contribution in [3.63, 3.8) is 0 Å². The Balaban J connectivity index is 2.08. The van der Waals surface area contributed by atoms with Gasteiger partial charge in [-0.1, -0.05) is 145 Å². The van der Waals surface area contributed by atoms with Gasteiger partial charge in [0.05, 0.1) is 7.85 Å². The zero-order chi connectivity index (χ0) is 22.0. The van der Waals surface area contributed by atoms with Gasteiger partial charge < -0.3 is 0 Å². The van der Waals surface area contributed by atoms with Crippen LogP contribution in [0.5, 0.6) is 0 Å². The maximum Gasteiger partial charge on any atom is 0.0809 e. The Kier molecular flexibility index (Phi) is 6.57. The topological polar surface area (TPSA) is 0 Å². The van der Waals surface area contributed by atoms with Gasteiger partial charge in [0.15, 0.2) is 0 Å². The average Bonchev–Trinajstić information content (AvgIpc) is 2.85. The first-order chi connectivity index (χ1) is 14.9. The molecule has 0 saturated heterocycles. The molecule has 0 fully saturated rings. The summed E-state index contributed by atoms with van der Waals surface area (Å²) in [5.41, 5.74) is 0. The van der Waals surface area contributed by atoms with Gasteiger partial charge >= 0.3 is 0 Å². The van der Waals surface area contributed by atoms with Crippen molar-refractivity contribution in [1.29, 1.82) is 0 Å². The third-order valence-corrected chi connectivity index (χ3v) is 18.1. The van der Waals surface area contributed by atoms with Crippen LogP contribution in [0, 0.1) is 0 Å². The molecule has 0 bridgehead atoms. The molecule has 0 nitrogen and oxygen atoms in total. The van der Waals surface area contributed by atoms with E-state index in [1.165, 1.54) is 21.2 Å². The largest absolute Gasteiger partial charge is 0.116 e. The highest BCUT2D eigenvalue weighted by Crippen LogP contribution is 2.71. The minimum absolute atomic E-state index is 0.0733. The Morgan fingerprint density at radius 1 is 0.484 bits per heavy atom. The minimum Gasteiger partial charge on any atom is -0.116 e. The van der Waals surface area contributed by atoms with E-state index in [0.29, 0.717) is 0 Å². The van der Waals surface area contributed by atoms with Gasteiger partial charge in [-0.3, -0.25) is 0 Å². The Hall–Kier alpha value is -1.69. The monoisotopic (exact) mass is 473 g/mol. The quantitative estimate of drug-likeness (QED) is 0.312. The highest BCUT2D eigenvalue weighted by molar-refractivity contribution is 8.35. The Morgan fingerprint density at radius 3 is 0.871 bits per heavy atom. The number of hydrogen-bond acceptors (Lipinski definition) is 2. The zero-order valence-corrected chi connectivity index (χ0v) is 20.2. The van der Waals surface area contributed by atoms with Crippen LogP contribution in [-0.2, 0) is 23.6 Å². The van der Waals surface area contributed by atoms with E-state index < -0.39 is 12.1 Å². The van der Waals surface area contributed by atoms with Crippen LogP contribution < -0.4 is 21.2 Å². The molecule has 0 aromatic heterocycles. The molecule has 0 radical (unpaired) electrons. The van der Waals surface area contributed by atoms with E-state index in [-0.39, 0.29) is 12.5 Å². The normalized spacial score (nSPS) is 12.4. The first-order valence-corrected chi connectivity index (χ1v) is 15.5. The average molecular weight is 473 g/mol. The summed E-state index contributed by atoms with van der Waals surface area (Å²) in [6.07, 6.45) is 0. The van der Waals surface area contributed by atoms with E-state index in [1.54, 1.807) is 0 Å². The first kappa shape index (κ1) is 22.5. The van der Waals surface area contributed by atoms with E-state index in [0.717, 1.165) is 0 Å². The van der Waals surface area contributed by atoms with Crippen molar-refractivity contribution in [2.24, 2.45) is 0 Å². The van der Waals surface area contributed by atoms with Crippen LogP contribution in [0.15, 0.2) is 121 Å². The SMILES string of the molecule is BC([BH3-])(P(=S)(c1ccccc1)c1ccccc1)P(=S)(c1ccccc1)c1ccccc1. The molecule has 0 unspecified atom stereocenters. The molecule has 0 saturated carbocycles. The third kappa shape index (κ3) is 3.75. The molecule has 4 aromatic rings. The lowest BCUT2D eigenvalue weighted by Gasteiger charge is -2.52. The lowest BCUT2D eigenvalue weighted by atomic mass is 9.84. The smallest absolute Gasteiger partial charge is 0.0809 e. The minimum atomic E-state index is -2.19. The summed E-state index contributed by atoms with van der Waals surface area (Å²) in [6.45, 7) is 0. The van der Waals surface area contributed by atoms with Gasteiger partial charge in [0.25, 0.3) is 0 Å². The summed E-state index contributed by atoms with van der Waals surface area (Å²) in [7, 11) is 2.18. The maximum atomic E-state index is 6.85. The van der Waals surface area contributed by atoms with Crippen LogP contribution in [0.2, 0.25) is 0 Å². The van der Waals surface area contributed by atoms with Crippen LogP contribution in [0.1, 0.15) is 0 Å². The third-order valence-electron chi connectivity index (χ3n) is 5.39. The molecule has 0 N–H and O–H groups in total. The highest BCUT2D eigenvalue weighted by atomic mass is 32.5. The Morgan fingerprint density at radius 2 is 0.677 bits per heavy atom. The highest BCUT2D eigenvalue weighted by Gasteiger charge is 2.45. The maximum absolute atomic E-state index is 6.85. The zero-order valence-electron chi connectivity index (χ0n) is 16.8. The van der Waals surface area contributed by atoms with Gasteiger partial charge in [0, 0.05) is 0 Å². The standard InChI is InChI=1S/C25H25B2P2S2/c26-25(27,28(30,21-13-5-1-6-14-21)22-15-7-2-8-16-22)29(31,23-17-9-3-10-18-23)24-19-11-4-12-20-24/h1-20H,26H2,27H3/q-1. The molecule has 0 aliphatic rings. The second-order valence-electron chi connectivity index (χ2n) is 7.11. The predicted octanol–water partition coefficient (Wildman–Crippen LogP) is 2.86. The van der Waals surface area contributed by atoms with Gasteiger partial charge in [0.2, 0.25) is 0 Å². The molecule has 0 amide bonds. The molecule has 0 heterocycles. The van der Waals surface area contributed by atoms with Crippen molar-refractivity contribution in [2.75, 3.05) is 0 Å². The van der Waals surface area contributed by atoms with E-state index >= 15 is 0 Å². The first-order valence-electron chi connectivity index (χ1n) is 9.85. The summed E-state index contributed by atoms with van der Waals surface area (Å²) in [5.74, 6) is 0. The van der Waals surface area contributed by atoms with Crippen LogP contribution in [0.4, 0.5) is 0 Å². The van der Waals surface area contributed by atoms with Gasteiger partial charge in [-0.15, -0.1) is 4.70 Å². The fourth-order valence-electron chi connectivity index (χ4n) is 3.80. The number of benzene rings is 4. The molecule has 154 valence electrons. The fourth-order valence-corrected chi connectivity index (χ4v) is 15.4. The second kappa shape index (κ2) is 9.05.